The molecular formula is C21H34O4Si2. The van der Waals surface area contributed by atoms with Gasteiger partial charge in [-0.25, -0.2) is 4.79 Å². The molecule has 1 aromatic carbocycles. The lowest BCUT2D eigenvalue weighted by Crippen LogP contribution is -2.41. The highest BCUT2D eigenvalue weighted by molar-refractivity contribution is 6.75. The number of rotatable bonds is 10. The predicted molar refractivity (Wildman–Crippen MR) is 118 cm³/mol. The van der Waals surface area contributed by atoms with E-state index in [9.17, 15) is 4.79 Å². The Labute approximate surface area is 165 Å². The first kappa shape index (κ1) is 21.8. The molecule has 2 aromatic rings. The highest BCUT2D eigenvalue weighted by Gasteiger charge is 2.36. The molecule has 0 N–H and O–H groups in total. The maximum atomic E-state index is 11.9. The van der Waals surface area contributed by atoms with Crippen LogP contribution in [0, 0.1) is 0 Å². The molecule has 0 saturated heterocycles. The van der Waals surface area contributed by atoms with Crippen LogP contribution in [0.1, 0.15) is 41.5 Å². The fourth-order valence-corrected chi connectivity index (χ4v) is 8.77. The average Bonchev–Trinajstić information content (AvgIpc) is 2.71. The Hall–Kier alpha value is -1.54. The molecule has 0 aliphatic heterocycles. The lowest BCUT2D eigenvalue weighted by Gasteiger charge is -2.33. The van der Waals surface area contributed by atoms with Gasteiger partial charge in [-0.15, -0.1) is 0 Å². The smallest absolute Gasteiger partial charge is 0.336 e. The van der Waals surface area contributed by atoms with E-state index in [0.717, 1.165) is 47.4 Å². The molecule has 4 nitrogen and oxygen atoms in total. The fraction of sp³-hybridized carbons (Fsp3) is 0.571. The zero-order chi connectivity index (χ0) is 20.1. The van der Waals surface area contributed by atoms with Crippen LogP contribution in [0.5, 0.6) is 11.5 Å². The third kappa shape index (κ3) is 4.49. The molecule has 0 aliphatic carbocycles. The SMILES string of the molecule is CC[Si](CC)(CC)Oc1ccc2ccc(=O)oc2c1O[Si](CC)(CC)CC. The van der Waals surface area contributed by atoms with Crippen LogP contribution in [0.2, 0.25) is 36.3 Å². The first-order valence-corrected chi connectivity index (χ1v) is 15.4. The largest absolute Gasteiger partial charge is 0.541 e. The van der Waals surface area contributed by atoms with E-state index in [1.807, 2.05) is 12.1 Å². The van der Waals surface area contributed by atoms with Crippen LogP contribution in [0.25, 0.3) is 11.0 Å². The molecule has 0 amide bonds. The molecule has 1 aromatic heterocycles. The summed E-state index contributed by atoms with van der Waals surface area (Å²) in [6.45, 7) is 13.2. The van der Waals surface area contributed by atoms with E-state index in [1.165, 1.54) is 6.07 Å². The summed E-state index contributed by atoms with van der Waals surface area (Å²) in [5, 5.41) is 0.875. The Morgan fingerprint density at radius 1 is 0.741 bits per heavy atom. The summed E-state index contributed by atoms with van der Waals surface area (Å²) in [6, 6.07) is 13.4. The molecule has 0 spiro atoms. The Kier molecular flexibility index (Phi) is 7.34. The van der Waals surface area contributed by atoms with E-state index in [0.29, 0.717) is 11.3 Å². The highest BCUT2D eigenvalue weighted by atomic mass is 28.4. The topological polar surface area (TPSA) is 48.7 Å². The van der Waals surface area contributed by atoms with Crippen molar-refractivity contribution in [3.05, 3.63) is 34.7 Å². The Balaban J connectivity index is 2.68. The molecule has 0 fully saturated rings. The third-order valence-corrected chi connectivity index (χ3v) is 15.2. The lowest BCUT2D eigenvalue weighted by molar-refractivity contribution is 0.456. The molecular weight excluding hydrogens is 372 g/mol. The Bertz CT molecular complexity index is 791. The summed E-state index contributed by atoms with van der Waals surface area (Å²) in [5.74, 6) is 1.40. The van der Waals surface area contributed by atoms with E-state index in [2.05, 4.69) is 41.5 Å². The minimum atomic E-state index is -1.96. The maximum Gasteiger partial charge on any atom is 0.336 e. The van der Waals surface area contributed by atoms with Crippen LogP contribution in [0.4, 0.5) is 0 Å². The summed E-state index contributed by atoms with van der Waals surface area (Å²) >= 11 is 0. The van der Waals surface area contributed by atoms with Gasteiger partial charge in [-0.05, 0) is 54.5 Å². The van der Waals surface area contributed by atoms with Gasteiger partial charge in [-0.2, -0.15) is 0 Å². The summed E-state index contributed by atoms with van der Waals surface area (Å²) in [5.41, 5.74) is 0.171. The van der Waals surface area contributed by atoms with Gasteiger partial charge in [0.25, 0.3) is 16.6 Å². The Morgan fingerprint density at radius 3 is 1.74 bits per heavy atom. The van der Waals surface area contributed by atoms with Crippen molar-refractivity contribution in [1.29, 1.82) is 0 Å². The summed E-state index contributed by atoms with van der Waals surface area (Å²) in [7, 11) is -3.84. The molecule has 27 heavy (non-hydrogen) atoms. The number of benzene rings is 1. The minimum absolute atomic E-state index is 0.355. The summed E-state index contributed by atoms with van der Waals surface area (Å²) < 4.78 is 19.0. The van der Waals surface area contributed by atoms with Crippen molar-refractivity contribution in [1.82, 2.24) is 0 Å². The third-order valence-electron chi connectivity index (χ3n) is 6.22. The van der Waals surface area contributed by atoms with Crippen LogP contribution in [0.3, 0.4) is 0 Å². The van der Waals surface area contributed by atoms with E-state index >= 15 is 0 Å². The second-order valence-electron chi connectivity index (χ2n) is 7.26. The van der Waals surface area contributed by atoms with Crippen molar-refractivity contribution in [2.45, 2.75) is 77.8 Å². The van der Waals surface area contributed by atoms with Crippen LogP contribution in [-0.2, 0) is 0 Å². The van der Waals surface area contributed by atoms with Crippen molar-refractivity contribution in [3.63, 3.8) is 0 Å². The summed E-state index contributed by atoms with van der Waals surface area (Å²) in [4.78, 5) is 11.9. The van der Waals surface area contributed by atoms with Crippen molar-refractivity contribution >= 4 is 27.6 Å². The molecule has 2 rings (SSSR count). The molecule has 0 bridgehead atoms. The number of hydrogen-bond donors (Lipinski definition) is 0. The second kappa shape index (κ2) is 9.10. The molecule has 150 valence electrons. The molecule has 6 heteroatoms. The monoisotopic (exact) mass is 406 g/mol. The van der Waals surface area contributed by atoms with E-state index in [-0.39, 0.29) is 5.63 Å². The van der Waals surface area contributed by atoms with Crippen LogP contribution in [-0.4, -0.2) is 16.6 Å². The lowest BCUT2D eigenvalue weighted by atomic mass is 10.2. The molecule has 0 radical (unpaired) electrons. The normalized spacial score (nSPS) is 12.4. The van der Waals surface area contributed by atoms with Crippen molar-refractivity contribution in [2.75, 3.05) is 0 Å². The second-order valence-corrected chi connectivity index (χ2v) is 16.6. The van der Waals surface area contributed by atoms with Gasteiger partial charge in [0, 0.05) is 11.5 Å². The van der Waals surface area contributed by atoms with Gasteiger partial charge < -0.3 is 13.3 Å². The van der Waals surface area contributed by atoms with Crippen molar-refractivity contribution < 1.29 is 13.3 Å². The summed E-state index contributed by atoms with van der Waals surface area (Å²) in [6.07, 6.45) is 0. The molecule has 1 heterocycles. The van der Waals surface area contributed by atoms with Gasteiger partial charge in [0.2, 0.25) is 0 Å². The van der Waals surface area contributed by atoms with Gasteiger partial charge in [0.05, 0.1) is 0 Å². The van der Waals surface area contributed by atoms with E-state index in [4.69, 9.17) is 13.3 Å². The highest BCUT2D eigenvalue weighted by Crippen LogP contribution is 2.41. The minimum Gasteiger partial charge on any atom is -0.541 e. The first-order valence-electron chi connectivity index (χ1n) is 10.4. The quantitative estimate of drug-likeness (QED) is 0.331. The van der Waals surface area contributed by atoms with Gasteiger partial charge in [0.15, 0.2) is 11.3 Å². The van der Waals surface area contributed by atoms with Gasteiger partial charge in [-0.3, -0.25) is 0 Å². The predicted octanol–water partition coefficient (Wildman–Crippen LogP) is 6.56. The van der Waals surface area contributed by atoms with Crippen LogP contribution < -0.4 is 14.5 Å². The molecule has 0 unspecified atom stereocenters. The van der Waals surface area contributed by atoms with Gasteiger partial charge >= 0.3 is 5.63 Å². The van der Waals surface area contributed by atoms with Gasteiger partial charge in [0.1, 0.15) is 5.75 Å². The van der Waals surface area contributed by atoms with Gasteiger partial charge in [-0.1, -0.05) is 41.5 Å². The van der Waals surface area contributed by atoms with Crippen molar-refractivity contribution in [2.24, 2.45) is 0 Å². The Morgan fingerprint density at radius 2 is 1.22 bits per heavy atom. The molecule has 0 aliphatic rings. The fourth-order valence-electron chi connectivity index (χ4n) is 3.65. The van der Waals surface area contributed by atoms with E-state index in [1.54, 1.807) is 6.07 Å². The zero-order valence-electron chi connectivity index (χ0n) is 17.7. The maximum absolute atomic E-state index is 11.9. The van der Waals surface area contributed by atoms with E-state index < -0.39 is 16.6 Å². The molecule has 0 saturated carbocycles. The zero-order valence-corrected chi connectivity index (χ0v) is 19.7. The van der Waals surface area contributed by atoms with Crippen LogP contribution >= 0.6 is 0 Å². The number of fused-ring (bicyclic) bond motifs is 1. The average molecular weight is 407 g/mol. The van der Waals surface area contributed by atoms with Crippen LogP contribution in [0.15, 0.2) is 33.5 Å². The van der Waals surface area contributed by atoms with Crippen molar-refractivity contribution in [3.8, 4) is 11.5 Å². The molecule has 0 atom stereocenters. The number of hydrogen-bond acceptors (Lipinski definition) is 4. The first-order chi connectivity index (χ1) is 12.9. The standard InChI is InChI=1S/C21H34O4Si2/c1-7-26(8-2,9-3)24-18-15-13-17-14-16-19(22)23-20(17)21(18)25-27(10-4,11-5)12-6/h13-16H,7-12H2,1-6H3.